The summed E-state index contributed by atoms with van der Waals surface area (Å²) in [7, 11) is -1.48. The largest absolute Gasteiger partial charge is 0.390 e. The van der Waals surface area contributed by atoms with Crippen LogP contribution in [0.5, 0.6) is 0 Å². The second-order valence-corrected chi connectivity index (χ2v) is 10.2. The van der Waals surface area contributed by atoms with Crippen molar-refractivity contribution in [3.05, 3.63) is 65.2 Å². The first-order valence-electron chi connectivity index (χ1n) is 10.5. The van der Waals surface area contributed by atoms with Crippen molar-refractivity contribution in [2.75, 3.05) is 46.3 Å². The molecule has 1 N–H and O–H groups in total. The van der Waals surface area contributed by atoms with Crippen molar-refractivity contribution in [3.63, 3.8) is 0 Å². The SMILES string of the molecule is Cc1ccc(C)c(S(=O)(=O)N2CCN(CC(O)CN(C)Cc3ccccc3)CC2)c1. The maximum absolute atomic E-state index is 13.1. The zero-order chi connectivity index (χ0) is 21.7. The van der Waals surface area contributed by atoms with Crippen LogP contribution >= 0.6 is 0 Å². The van der Waals surface area contributed by atoms with E-state index in [0.29, 0.717) is 44.2 Å². The minimum absolute atomic E-state index is 0.401. The number of hydrogen-bond donors (Lipinski definition) is 1. The molecule has 6 nitrogen and oxygen atoms in total. The average Bonchev–Trinajstić information content (AvgIpc) is 2.70. The molecule has 0 amide bonds. The van der Waals surface area contributed by atoms with E-state index in [2.05, 4.69) is 21.9 Å². The van der Waals surface area contributed by atoms with Crippen LogP contribution in [0.3, 0.4) is 0 Å². The van der Waals surface area contributed by atoms with Crippen LogP contribution < -0.4 is 0 Å². The van der Waals surface area contributed by atoms with Gasteiger partial charge in [-0.1, -0.05) is 42.5 Å². The minimum atomic E-state index is -3.48. The molecule has 0 bridgehead atoms. The Kier molecular flexibility index (Phi) is 7.65. The van der Waals surface area contributed by atoms with Gasteiger partial charge < -0.3 is 5.11 Å². The Bertz CT molecular complexity index is 926. The van der Waals surface area contributed by atoms with E-state index in [-0.39, 0.29) is 0 Å². The normalized spacial score (nSPS) is 17.4. The summed E-state index contributed by atoms with van der Waals surface area (Å²) in [6.07, 6.45) is -0.471. The summed E-state index contributed by atoms with van der Waals surface area (Å²) >= 11 is 0. The second kappa shape index (κ2) is 10.0. The van der Waals surface area contributed by atoms with Gasteiger partial charge in [0.1, 0.15) is 0 Å². The molecule has 3 rings (SSSR count). The molecular formula is C23H33N3O3S. The van der Waals surface area contributed by atoms with Crippen LogP contribution in [0.1, 0.15) is 16.7 Å². The van der Waals surface area contributed by atoms with Crippen molar-refractivity contribution in [3.8, 4) is 0 Å². The number of nitrogens with zero attached hydrogens (tertiary/aromatic N) is 3. The number of aryl methyl sites for hydroxylation is 2. The van der Waals surface area contributed by atoms with Gasteiger partial charge in [-0.25, -0.2) is 8.42 Å². The Morgan fingerprint density at radius 1 is 1.03 bits per heavy atom. The topological polar surface area (TPSA) is 64.1 Å². The predicted molar refractivity (Wildman–Crippen MR) is 120 cm³/mol. The number of benzene rings is 2. The Balaban J connectivity index is 1.49. The lowest BCUT2D eigenvalue weighted by atomic mass is 10.2. The van der Waals surface area contributed by atoms with Crippen molar-refractivity contribution >= 4 is 10.0 Å². The molecule has 1 atom stereocenters. The summed E-state index contributed by atoms with van der Waals surface area (Å²) in [4.78, 5) is 4.66. The predicted octanol–water partition coefficient (Wildman–Crippen LogP) is 2.10. The Labute approximate surface area is 180 Å². The lowest BCUT2D eigenvalue weighted by Crippen LogP contribution is -2.51. The molecule has 1 saturated heterocycles. The van der Waals surface area contributed by atoms with Crippen molar-refractivity contribution in [1.82, 2.24) is 14.1 Å². The van der Waals surface area contributed by atoms with Crippen molar-refractivity contribution in [2.24, 2.45) is 0 Å². The third kappa shape index (κ3) is 5.89. The van der Waals surface area contributed by atoms with E-state index in [0.717, 1.165) is 17.7 Å². The number of β-amino-alcohol motifs (C(OH)–C–C–N with tert-alkyl or cyclic N) is 1. The van der Waals surface area contributed by atoms with Crippen LogP contribution in [0.15, 0.2) is 53.4 Å². The third-order valence-corrected chi connectivity index (χ3v) is 7.62. The van der Waals surface area contributed by atoms with Gasteiger partial charge in [-0.2, -0.15) is 4.31 Å². The molecule has 1 unspecified atom stereocenters. The third-order valence-electron chi connectivity index (χ3n) is 5.58. The Hall–Kier alpha value is -1.77. The molecule has 1 fully saturated rings. The summed E-state index contributed by atoms with van der Waals surface area (Å²) in [5.74, 6) is 0. The fourth-order valence-electron chi connectivity index (χ4n) is 3.95. The minimum Gasteiger partial charge on any atom is -0.390 e. The van der Waals surface area contributed by atoms with E-state index in [4.69, 9.17) is 0 Å². The van der Waals surface area contributed by atoms with E-state index >= 15 is 0 Å². The zero-order valence-electron chi connectivity index (χ0n) is 18.2. The van der Waals surface area contributed by atoms with Crippen LogP contribution in [0.2, 0.25) is 0 Å². The van der Waals surface area contributed by atoms with Gasteiger partial charge in [0.25, 0.3) is 0 Å². The maximum atomic E-state index is 13.1. The van der Waals surface area contributed by atoms with E-state index in [9.17, 15) is 13.5 Å². The van der Waals surface area contributed by atoms with Gasteiger partial charge in [-0.3, -0.25) is 9.80 Å². The molecule has 1 heterocycles. The van der Waals surface area contributed by atoms with Crippen LogP contribution in [0.4, 0.5) is 0 Å². The van der Waals surface area contributed by atoms with Gasteiger partial charge in [0.15, 0.2) is 0 Å². The number of sulfonamides is 1. The number of hydrogen-bond acceptors (Lipinski definition) is 5. The molecule has 0 radical (unpaired) electrons. The highest BCUT2D eigenvalue weighted by atomic mass is 32.2. The highest BCUT2D eigenvalue weighted by Gasteiger charge is 2.30. The molecule has 0 aromatic heterocycles. The first kappa shape index (κ1) is 22.9. The standard InChI is InChI=1S/C23H33N3O3S/c1-19-9-10-20(2)23(15-19)30(28,29)26-13-11-25(12-14-26)18-22(27)17-24(3)16-21-7-5-4-6-8-21/h4-10,15,22,27H,11-14,16-18H2,1-3H3. The summed E-state index contributed by atoms with van der Waals surface area (Å²) in [6.45, 7) is 7.82. The van der Waals surface area contributed by atoms with Crippen molar-refractivity contribution in [1.29, 1.82) is 0 Å². The highest BCUT2D eigenvalue weighted by molar-refractivity contribution is 7.89. The van der Waals surface area contributed by atoms with Gasteiger partial charge in [-0.15, -0.1) is 0 Å². The van der Waals surface area contributed by atoms with Crippen LogP contribution in [-0.2, 0) is 16.6 Å². The van der Waals surface area contributed by atoms with E-state index in [1.54, 1.807) is 10.4 Å². The Morgan fingerprint density at radius 2 is 1.70 bits per heavy atom. The van der Waals surface area contributed by atoms with Gasteiger partial charge >= 0.3 is 0 Å². The van der Waals surface area contributed by atoms with Gasteiger partial charge in [-0.05, 0) is 43.7 Å². The van der Waals surface area contributed by atoms with Crippen molar-refractivity contribution in [2.45, 2.75) is 31.4 Å². The quantitative estimate of drug-likeness (QED) is 0.694. The monoisotopic (exact) mass is 431 g/mol. The van der Waals surface area contributed by atoms with Crippen LogP contribution in [0.25, 0.3) is 0 Å². The lowest BCUT2D eigenvalue weighted by Gasteiger charge is -2.35. The molecule has 164 valence electrons. The van der Waals surface area contributed by atoms with Gasteiger partial charge in [0.2, 0.25) is 10.0 Å². The number of piperazine rings is 1. The molecule has 1 aliphatic heterocycles. The summed E-state index contributed by atoms with van der Waals surface area (Å²) in [5, 5.41) is 10.5. The molecule has 0 aliphatic carbocycles. The number of rotatable bonds is 8. The molecule has 30 heavy (non-hydrogen) atoms. The van der Waals surface area contributed by atoms with E-state index in [1.165, 1.54) is 5.56 Å². The van der Waals surface area contributed by atoms with Gasteiger partial charge in [0.05, 0.1) is 11.0 Å². The maximum Gasteiger partial charge on any atom is 0.243 e. The van der Waals surface area contributed by atoms with Gasteiger partial charge in [0, 0.05) is 45.8 Å². The summed E-state index contributed by atoms with van der Waals surface area (Å²) in [6, 6.07) is 15.7. The average molecular weight is 432 g/mol. The van der Waals surface area contributed by atoms with Crippen LogP contribution in [-0.4, -0.2) is 80.0 Å². The summed E-state index contributed by atoms with van der Waals surface area (Å²) < 4.78 is 27.7. The van der Waals surface area contributed by atoms with Crippen LogP contribution in [0, 0.1) is 13.8 Å². The molecule has 7 heteroatoms. The molecule has 0 saturated carbocycles. The highest BCUT2D eigenvalue weighted by Crippen LogP contribution is 2.22. The molecule has 2 aromatic carbocycles. The molecule has 1 aliphatic rings. The Morgan fingerprint density at radius 3 is 2.37 bits per heavy atom. The number of likely N-dealkylation sites (N-methyl/N-ethyl adjacent to an activating group) is 1. The zero-order valence-corrected chi connectivity index (χ0v) is 19.0. The molecule has 0 spiro atoms. The molecule has 2 aromatic rings. The second-order valence-electron chi connectivity index (χ2n) is 8.31. The van der Waals surface area contributed by atoms with E-state index in [1.807, 2.05) is 51.2 Å². The first-order chi connectivity index (χ1) is 14.3. The molecular weight excluding hydrogens is 398 g/mol. The smallest absolute Gasteiger partial charge is 0.243 e. The van der Waals surface area contributed by atoms with Crippen molar-refractivity contribution < 1.29 is 13.5 Å². The first-order valence-corrected chi connectivity index (χ1v) is 11.9. The number of aliphatic hydroxyl groups excluding tert-OH is 1. The summed E-state index contributed by atoms with van der Waals surface area (Å²) in [5.41, 5.74) is 2.94. The van der Waals surface area contributed by atoms with E-state index < -0.39 is 16.1 Å². The lowest BCUT2D eigenvalue weighted by molar-refractivity contribution is 0.0669. The number of aliphatic hydroxyl groups is 1. The fraction of sp³-hybridized carbons (Fsp3) is 0.478. The fourth-order valence-corrected chi connectivity index (χ4v) is 5.68.